The number of ether oxygens (including phenoxy) is 1. The third-order valence-electron chi connectivity index (χ3n) is 3.36. The number of hydrogen-bond donors (Lipinski definition) is 1. The molecule has 0 saturated carbocycles. The van der Waals surface area contributed by atoms with E-state index in [-0.39, 0.29) is 0 Å². The molecule has 1 atom stereocenters. The highest BCUT2D eigenvalue weighted by Gasteiger charge is 2.14. The van der Waals surface area contributed by atoms with Crippen LogP contribution < -0.4 is 5.32 Å². The maximum absolute atomic E-state index is 13.2. The highest BCUT2D eigenvalue weighted by atomic mass is 19.2. The molecule has 0 aromatic heterocycles. The van der Waals surface area contributed by atoms with Crippen molar-refractivity contribution >= 4 is 11.9 Å². The molecule has 2 rings (SSSR count). The van der Waals surface area contributed by atoms with Crippen LogP contribution in [0.2, 0.25) is 0 Å². The molecule has 2 aromatic carbocycles. The van der Waals surface area contributed by atoms with Gasteiger partial charge in [0.1, 0.15) is 0 Å². The van der Waals surface area contributed by atoms with Gasteiger partial charge in [-0.1, -0.05) is 6.07 Å². The Morgan fingerprint density at radius 1 is 1.00 bits per heavy atom. The molecule has 0 saturated heterocycles. The average Bonchev–Trinajstić information content (AvgIpc) is 2.56. The van der Waals surface area contributed by atoms with Crippen LogP contribution in [0.4, 0.5) is 8.78 Å². The van der Waals surface area contributed by atoms with Gasteiger partial charge in [0.2, 0.25) is 0 Å². The summed E-state index contributed by atoms with van der Waals surface area (Å²) in [6.07, 6.45) is 0. The maximum atomic E-state index is 13.2. The van der Waals surface area contributed by atoms with Crippen LogP contribution in [-0.4, -0.2) is 19.0 Å². The lowest BCUT2D eigenvalue weighted by Gasteiger charge is -2.14. The summed E-state index contributed by atoms with van der Waals surface area (Å²) in [5.41, 5.74) is 1.12. The molecule has 1 N–H and O–H groups in total. The lowest BCUT2D eigenvalue weighted by atomic mass is 10.1. The fourth-order valence-corrected chi connectivity index (χ4v) is 2.02. The monoisotopic (exact) mass is 319 g/mol. The first-order chi connectivity index (χ1) is 10.9. The molecule has 2 aromatic rings. The van der Waals surface area contributed by atoms with Crippen molar-refractivity contribution < 1.29 is 23.1 Å². The van der Waals surface area contributed by atoms with Gasteiger partial charge < -0.3 is 10.1 Å². The normalized spacial score (nSPS) is 11.7. The average molecular weight is 319 g/mol. The van der Waals surface area contributed by atoms with Crippen LogP contribution in [0.3, 0.4) is 0 Å². The number of carbonyl (C=O) groups is 2. The molecule has 120 valence electrons. The zero-order chi connectivity index (χ0) is 17.0. The number of rotatable bonds is 4. The standard InChI is InChI=1S/C17H15F2NO3/c1-10(13-7-8-14(18)15(19)9-13)20-16(21)11-3-5-12(6-4-11)17(22)23-2/h3-10H,1-2H3,(H,20,21)/t10-/m0/s1. The summed E-state index contributed by atoms with van der Waals surface area (Å²) in [6.45, 7) is 1.66. The number of nitrogens with one attached hydrogen (secondary N) is 1. The van der Waals surface area contributed by atoms with Gasteiger partial charge in [-0.3, -0.25) is 4.79 Å². The Hall–Kier alpha value is -2.76. The van der Waals surface area contributed by atoms with Crippen molar-refractivity contribution in [1.82, 2.24) is 5.32 Å². The summed E-state index contributed by atoms with van der Waals surface area (Å²) in [5, 5.41) is 2.68. The van der Waals surface area contributed by atoms with E-state index in [1.54, 1.807) is 6.92 Å². The van der Waals surface area contributed by atoms with Crippen molar-refractivity contribution in [3.63, 3.8) is 0 Å². The molecule has 23 heavy (non-hydrogen) atoms. The quantitative estimate of drug-likeness (QED) is 0.880. The number of halogens is 2. The van der Waals surface area contributed by atoms with Gasteiger partial charge in [0, 0.05) is 5.56 Å². The summed E-state index contributed by atoms with van der Waals surface area (Å²) >= 11 is 0. The Morgan fingerprint density at radius 3 is 2.17 bits per heavy atom. The van der Waals surface area contributed by atoms with Gasteiger partial charge in [-0.2, -0.15) is 0 Å². The Balaban J connectivity index is 2.08. The second kappa shape index (κ2) is 7.00. The highest BCUT2D eigenvalue weighted by molar-refractivity contribution is 5.96. The molecule has 0 unspecified atom stereocenters. The molecule has 0 aliphatic carbocycles. The minimum absolute atomic E-state index is 0.331. The van der Waals surface area contributed by atoms with Crippen molar-refractivity contribution in [2.75, 3.05) is 7.11 Å². The Bertz CT molecular complexity index is 729. The number of hydrogen-bond acceptors (Lipinski definition) is 3. The minimum atomic E-state index is -0.967. The van der Waals surface area contributed by atoms with E-state index in [2.05, 4.69) is 10.1 Å². The number of carbonyl (C=O) groups excluding carboxylic acids is 2. The second-order valence-corrected chi connectivity index (χ2v) is 4.94. The van der Waals surface area contributed by atoms with Gasteiger partial charge in [-0.05, 0) is 48.9 Å². The van der Waals surface area contributed by atoms with Crippen molar-refractivity contribution in [1.29, 1.82) is 0 Å². The van der Waals surface area contributed by atoms with E-state index >= 15 is 0 Å². The summed E-state index contributed by atoms with van der Waals surface area (Å²) in [6, 6.07) is 8.88. The number of methoxy groups -OCH3 is 1. The van der Waals surface area contributed by atoms with Crippen LogP contribution in [0.15, 0.2) is 42.5 Å². The molecule has 0 fully saturated rings. The smallest absolute Gasteiger partial charge is 0.337 e. The van der Waals surface area contributed by atoms with E-state index in [1.165, 1.54) is 37.4 Å². The Morgan fingerprint density at radius 2 is 1.61 bits per heavy atom. The zero-order valence-corrected chi connectivity index (χ0v) is 12.6. The number of benzene rings is 2. The maximum Gasteiger partial charge on any atom is 0.337 e. The summed E-state index contributed by atoms with van der Waals surface area (Å²) < 4.78 is 30.7. The third-order valence-corrected chi connectivity index (χ3v) is 3.36. The summed E-state index contributed by atoms with van der Waals surface area (Å²) in [4.78, 5) is 23.5. The third kappa shape index (κ3) is 3.91. The summed E-state index contributed by atoms with van der Waals surface area (Å²) in [7, 11) is 1.27. The van der Waals surface area contributed by atoms with Crippen molar-refractivity contribution in [2.24, 2.45) is 0 Å². The summed E-state index contributed by atoms with van der Waals surface area (Å²) in [5.74, 6) is -2.79. The first-order valence-corrected chi connectivity index (χ1v) is 6.86. The molecule has 0 heterocycles. The molecule has 0 radical (unpaired) electrons. The molecule has 1 amide bonds. The molecule has 0 spiro atoms. The number of amides is 1. The van der Waals surface area contributed by atoms with Crippen LogP contribution in [0.1, 0.15) is 39.2 Å². The number of esters is 1. The van der Waals surface area contributed by atoms with Crippen molar-refractivity contribution in [3.05, 3.63) is 70.8 Å². The fourth-order valence-electron chi connectivity index (χ4n) is 2.02. The van der Waals surface area contributed by atoms with E-state index in [9.17, 15) is 18.4 Å². The van der Waals surface area contributed by atoms with Gasteiger partial charge in [-0.15, -0.1) is 0 Å². The van der Waals surface area contributed by atoms with Crippen LogP contribution in [0.25, 0.3) is 0 Å². The Kier molecular flexibility index (Phi) is 5.05. The fraction of sp³-hybridized carbons (Fsp3) is 0.176. The van der Waals surface area contributed by atoms with E-state index in [0.29, 0.717) is 16.7 Å². The predicted octanol–water partition coefficient (Wildman–Crippen LogP) is 3.24. The van der Waals surface area contributed by atoms with Crippen LogP contribution in [0.5, 0.6) is 0 Å². The SMILES string of the molecule is COC(=O)c1ccc(C(=O)N[C@@H](C)c2ccc(F)c(F)c2)cc1. The van der Waals surface area contributed by atoms with Gasteiger partial charge in [0.25, 0.3) is 5.91 Å². The zero-order valence-electron chi connectivity index (χ0n) is 12.6. The van der Waals surface area contributed by atoms with Gasteiger partial charge in [0.05, 0.1) is 18.7 Å². The van der Waals surface area contributed by atoms with E-state index in [1.807, 2.05) is 0 Å². The Labute approximate surface area is 132 Å². The molecule has 0 aliphatic heterocycles. The molecular weight excluding hydrogens is 304 g/mol. The van der Waals surface area contributed by atoms with Crippen LogP contribution >= 0.6 is 0 Å². The van der Waals surface area contributed by atoms with Crippen molar-refractivity contribution in [2.45, 2.75) is 13.0 Å². The first-order valence-electron chi connectivity index (χ1n) is 6.86. The van der Waals surface area contributed by atoms with E-state index in [0.717, 1.165) is 12.1 Å². The van der Waals surface area contributed by atoms with Crippen LogP contribution in [0, 0.1) is 11.6 Å². The molecular formula is C17H15F2NO3. The lowest BCUT2D eigenvalue weighted by Crippen LogP contribution is -2.26. The second-order valence-electron chi connectivity index (χ2n) is 4.94. The van der Waals surface area contributed by atoms with Crippen LogP contribution in [-0.2, 0) is 4.74 Å². The molecule has 6 heteroatoms. The van der Waals surface area contributed by atoms with Crippen molar-refractivity contribution in [3.8, 4) is 0 Å². The largest absolute Gasteiger partial charge is 0.465 e. The van der Waals surface area contributed by atoms with E-state index < -0.39 is 29.6 Å². The van der Waals surface area contributed by atoms with Gasteiger partial charge >= 0.3 is 5.97 Å². The van der Waals surface area contributed by atoms with Gasteiger partial charge in [-0.25, -0.2) is 13.6 Å². The first kappa shape index (κ1) is 16.6. The lowest BCUT2D eigenvalue weighted by molar-refractivity contribution is 0.0600. The predicted molar refractivity (Wildman–Crippen MR) is 80.0 cm³/mol. The van der Waals surface area contributed by atoms with E-state index in [4.69, 9.17) is 0 Å². The topological polar surface area (TPSA) is 55.4 Å². The minimum Gasteiger partial charge on any atom is -0.465 e. The molecule has 4 nitrogen and oxygen atoms in total. The van der Waals surface area contributed by atoms with Gasteiger partial charge in [0.15, 0.2) is 11.6 Å². The highest BCUT2D eigenvalue weighted by Crippen LogP contribution is 2.16. The molecule has 0 aliphatic rings. The molecule has 0 bridgehead atoms.